The second-order valence-corrected chi connectivity index (χ2v) is 5.50. The Kier molecular flexibility index (Phi) is 4.91. The van der Waals surface area contributed by atoms with Gasteiger partial charge < -0.3 is 15.2 Å². The molecular formula is C18H18ClN3O2. The summed E-state index contributed by atoms with van der Waals surface area (Å²) in [5, 5.41) is 8.39. The number of para-hydroxylation sites is 1. The molecule has 0 atom stereocenters. The van der Waals surface area contributed by atoms with E-state index in [1.807, 2.05) is 48.6 Å². The Bertz CT molecular complexity index is 874. The summed E-state index contributed by atoms with van der Waals surface area (Å²) < 4.78 is 10.9. The Hall–Kier alpha value is -2.66. The van der Waals surface area contributed by atoms with Crippen LogP contribution in [0.3, 0.4) is 0 Å². The molecule has 2 aromatic carbocycles. The number of ether oxygens (including phenoxy) is 2. The summed E-state index contributed by atoms with van der Waals surface area (Å²) in [7, 11) is 1.58. The molecule has 0 unspecified atom stereocenters. The third kappa shape index (κ3) is 3.16. The molecule has 5 nitrogen and oxygen atoms in total. The molecule has 0 saturated heterocycles. The summed E-state index contributed by atoms with van der Waals surface area (Å²) in [5.41, 5.74) is 9.28. The summed E-state index contributed by atoms with van der Waals surface area (Å²) in [5.74, 6) is 1.53. The molecule has 0 aliphatic heterocycles. The fourth-order valence-corrected chi connectivity index (χ4v) is 2.59. The van der Waals surface area contributed by atoms with Crippen LogP contribution in [0.2, 0.25) is 0 Å². The van der Waals surface area contributed by atoms with E-state index in [4.69, 9.17) is 26.8 Å². The zero-order chi connectivity index (χ0) is 16.9. The highest BCUT2D eigenvalue weighted by atomic mass is 35.5. The van der Waals surface area contributed by atoms with Gasteiger partial charge in [-0.25, -0.2) is 0 Å². The highest BCUT2D eigenvalue weighted by Crippen LogP contribution is 2.36. The average molecular weight is 344 g/mol. The van der Waals surface area contributed by atoms with Gasteiger partial charge in [0.2, 0.25) is 0 Å². The molecule has 0 amide bonds. The number of nitrogens with one attached hydrogen (secondary N) is 1. The van der Waals surface area contributed by atoms with Crippen molar-refractivity contribution in [1.82, 2.24) is 10.2 Å². The molecule has 124 valence electrons. The van der Waals surface area contributed by atoms with Crippen molar-refractivity contribution in [2.75, 3.05) is 25.3 Å². The molecule has 0 aliphatic carbocycles. The number of halogens is 1. The SMILES string of the molecule is COc1c(/C=C/c2n[nH]c3ccccc23)ccc(OCCCl)c1N. The Balaban J connectivity index is 1.93. The predicted molar refractivity (Wildman–Crippen MR) is 98.6 cm³/mol. The van der Waals surface area contributed by atoms with Gasteiger partial charge in [-0.15, -0.1) is 11.6 Å². The maximum absolute atomic E-state index is 6.13. The van der Waals surface area contributed by atoms with Crippen molar-refractivity contribution < 1.29 is 9.47 Å². The van der Waals surface area contributed by atoms with E-state index in [1.165, 1.54) is 0 Å². The van der Waals surface area contributed by atoms with Crippen LogP contribution < -0.4 is 15.2 Å². The van der Waals surface area contributed by atoms with Gasteiger partial charge in [-0.3, -0.25) is 5.10 Å². The fourth-order valence-electron chi connectivity index (χ4n) is 2.51. The monoisotopic (exact) mass is 343 g/mol. The minimum Gasteiger partial charge on any atom is -0.494 e. The zero-order valence-electron chi connectivity index (χ0n) is 13.3. The number of rotatable bonds is 6. The van der Waals surface area contributed by atoms with Gasteiger partial charge in [0, 0.05) is 10.9 Å². The zero-order valence-corrected chi connectivity index (χ0v) is 14.0. The Morgan fingerprint density at radius 2 is 2.04 bits per heavy atom. The van der Waals surface area contributed by atoms with Crippen LogP contribution in [-0.2, 0) is 0 Å². The second-order valence-electron chi connectivity index (χ2n) is 5.13. The number of anilines is 1. The molecule has 6 heteroatoms. The van der Waals surface area contributed by atoms with Gasteiger partial charge in [0.05, 0.1) is 24.2 Å². The molecule has 0 aliphatic rings. The number of alkyl halides is 1. The van der Waals surface area contributed by atoms with Gasteiger partial charge in [-0.1, -0.05) is 18.2 Å². The van der Waals surface area contributed by atoms with Crippen LogP contribution in [0, 0.1) is 0 Å². The van der Waals surface area contributed by atoms with E-state index in [-0.39, 0.29) is 0 Å². The molecule has 3 rings (SSSR count). The largest absolute Gasteiger partial charge is 0.494 e. The van der Waals surface area contributed by atoms with E-state index >= 15 is 0 Å². The minimum absolute atomic E-state index is 0.392. The van der Waals surface area contributed by atoms with Crippen LogP contribution >= 0.6 is 11.6 Å². The molecule has 3 N–H and O–H groups in total. The van der Waals surface area contributed by atoms with E-state index in [9.17, 15) is 0 Å². The van der Waals surface area contributed by atoms with E-state index in [0.29, 0.717) is 29.7 Å². The molecule has 1 heterocycles. The number of nitrogen functional groups attached to an aromatic ring is 1. The summed E-state index contributed by atoms with van der Waals surface area (Å²) in [6.07, 6.45) is 3.85. The van der Waals surface area contributed by atoms with Crippen molar-refractivity contribution in [1.29, 1.82) is 0 Å². The molecule has 24 heavy (non-hydrogen) atoms. The third-order valence-electron chi connectivity index (χ3n) is 3.65. The first-order chi connectivity index (χ1) is 11.7. The second kappa shape index (κ2) is 7.27. The van der Waals surface area contributed by atoms with E-state index in [1.54, 1.807) is 7.11 Å². The third-order valence-corrected chi connectivity index (χ3v) is 3.80. The summed E-state index contributed by atoms with van der Waals surface area (Å²) in [4.78, 5) is 0. The number of hydrogen-bond donors (Lipinski definition) is 2. The maximum atomic E-state index is 6.13. The minimum atomic E-state index is 0.392. The van der Waals surface area contributed by atoms with Gasteiger partial charge in [0.15, 0.2) is 5.75 Å². The van der Waals surface area contributed by atoms with Gasteiger partial charge in [0.1, 0.15) is 18.0 Å². The van der Waals surface area contributed by atoms with Crippen LogP contribution in [-0.4, -0.2) is 29.8 Å². The number of aromatic amines is 1. The average Bonchev–Trinajstić information content (AvgIpc) is 3.02. The molecule has 0 saturated carbocycles. The van der Waals surface area contributed by atoms with Crippen molar-refractivity contribution in [3.05, 3.63) is 47.7 Å². The summed E-state index contributed by atoms with van der Waals surface area (Å²) >= 11 is 5.65. The topological polar surface area (TPSA) is 73.2 Å². The number of fused-ring (bicyclic) bond motifs is 1. The number of nitrogens with zero attached hydrogens (tertiary/aromatic N) is 1. The lowest BCUT2D eigenvalue weighted by atomic mass is 10.1. The normalized spacial score (nSPS) is 11.2. The lowest BCUT2D eigenvalue weighted by Gasteiger charge is -2.13. The van der Waals surface area contributed by atoms with Gasteiger partial charge in [0.25, 0.3) is 0 Å². The smallest absolute Gasteiger partial charge is 0.152 e. The van der Waals surface area contributed by atoms with Crippen molar-refractivity contribution in [3.63, 3.8) is 0 Å². The lowest BCUT2D eigenvalue weighted by molar-refractivity contribution is 0.341. The van der Waals surface area contributed by atoms with Crippen LogP contribution in [0.4, 0.5) is 5.69 Å². The standard InChI is InChI=1S/C18H18ClN3O2/c1-23-18-12(7-9-16(17(18)20)24-11-10-19)6-8-15-13-4-2-3-5-14(13)21-22-15/h2-9H,10-11,20H2,1H3,(H,21,22)/b8-6+. The molecule has 0 fully saturated rings. The fraction of sp³-hybridized carbons (Fsp3) is 0.167. The number of H-pyrrole nitrogens is 1. The number of aromatic nitrogens is 2. The van der Waals surface area contributed by atoms with E-state index in [0.717, 1.165) is 22.2 Å². The first kappa shape index (κ1) is 16.2. The van der Waals surface area contributed by atoms with E-state index in [2.05, 4.69) is 10.2 Å². The maximum Gasteiger partial charge on any atom is 0.152 e. The molecular weight excluding hydrogens is 326 g/mol. The van der Waals surface area contributed by atoms with Crippen LogP contribution in [0.15, 0.2) is 36.4 Å². The first-order valence-corrected chi connectivity index (χ1v) is 8.04. The Morgan fingerprint density at radius 1 is 1.21 bits per heavy atom. The van der Waals surface area contributed by atoms with Gasteiger partial charge >= 0.3 is 0 Å². The molecule has 3 aromatic rings. The van der Waals surface area contributed by atoms with Gasteiger partial charge in [-0.2, -0.15) is 5.10 Å². The molecule has 0 radical (unpaired) electrons. The van der Waals surface area contributed by atoms with Crippen LogP contribution in [0.5, 0.6) is 11.5 Å². The number of hydrogen-bond acceptors (Lipinski definition) is 4. The quantitative estimate of drug-likeness (QED) is 0.525. The van der Waals surface area contributed by atoms with Crippen molar-refractivity contribution in [2.45, 2.75) is 0 Å². The number of methoxy groups -OCH3 is 1. The number of benzene rings is 2. The van der Waals surface area contributed by atoms with Crippen molar-refractivity contribution in [2.24, 2.45) is 0 Å². The summed E-state index contributed by atoms with van der Waals surface area (Å²) in [6.45, 7) is 0.392. The van der Waals surface area contributed by atoms with Crippen LogP contribution in [0.25, 0.3) is 23.1 Å². The summed E-state index contributed by atoms with van der Waals surface area (Å²) in [6, 6.07) is 11.7. The first-order valence-electron chi connectivity index (χ1n) is 7.51. The van der Waals surface area contributed by atoms with Gasteiger partial charge in [-0.05, 0) is 30.4 Å². The molecule has 0 spiro atoms. The molecule has 0 bridgehead atoms. The van der Waals surface area contributed by atoms with Crippen molar-refractivity contribution in [3.8, 4) is 11.5 Å². The molecule has 1 aromatic heterocycles. The Labute approximate surface area is 145 Å². The Morgan fingerprint density at radius 3 is 2.83 bits per heavy atom. The number of nitrogens with two attached hydrogens (primary N) is 1. The highest BCUT2D eigenvalue weighted by molar-refractivity contribution is 6.18. The van der Waals surface area contributed by atoms with E-state index < -0.39 is 0 Å². The predicted octanol–water partition coefficient (Wildman–Crippen LogP) is 3.94. The highest BCUT2D eigenvalue weighted by Gasteiger charge is 2.11. The van der Waals surface area contributed by atoms with Crippen molar-refractivity contribution >= 4 is 40.3 Å². The lowest BCUT2D eigenvalue weighted by Crippen LogP contribution is -2.03. The van der Waals surface area contributed by atoms with Crippen LogP contribution in [0.1, 0.15) is 11.3 Å².